The van der Waals surface area contributed by atoms with E-state index in [0.29, 0.717) is 58.9 Å². The minimum absolute atomic E-state index is 0.0546. The van der Waals surface area contributed by atoms with Crippen molar-refractivity contribution in [3.8, 4) is 34.3 Å². The van der Waals surface area contributed by atoms with Crippen LogP contribution in [0.2, 0.25) is 0 Å². The van der Waals surface area contributed by atoms with E-state index < -0.39 is 17.4 Å². The van der Waals surface area contributed by atoms with Crippen molar-refractivity contribution in [1.29, 1.82) is 0 Å². The molecule has 0 spiro atoms. The number of benzene rings is 2. The number of ether oxygens (including phenoxy) is 4. The summed E-state index contributed by atoms with van der Waals surface area (Å²) < 4.78 is 34.4. The lowest BCUT2D eigenvalue weighted by atomic mass is 9.96. The molecule has 0 bridgehead atoms. The van der Waals surface area contributed by atoms with Crippen LogP contribution in [0.4, 0.5) is 4.79 Å². The van der Waals surface area contributed by atoms with Gasteiger partial charge in [-0.2, -0.15) is 4.98 Å². The molecule has 11 nitrogen and oxygen atoms in total. The fourth-order valence-electron chi connectivity index (χ4n) is 4.22. The minimum Gasteiger partial charge on any atom is -0.490 e. The summed E-state index contributed by atoms with van der Waals surface area (Å²) in [7, 11) is 0. The largest absolute Gasteiger partial charge is 0.490 e. The monoisotopic (exact) mass is 523 g/mol. The van der Waals surface area contributed by atoms with Gasteiger partial charge in [-0.15, -0.1) is 0 Å². The number of hydrogen-bond acceptors (Lipinski definition) is 9. The van der Waals surface area contributed by atoms with Crippen LogP contribution < -0.4 is 14.8 Å². The van der Waals surface area contributed by atoms with Crippen molar-refractivity contribution in [1.82, 2.24) is 15.5 Å². The summed E-state index contributed by atoms with van der Waals surface area (Å²) in [5.74, 6) is 1.52. The van der Waals surface area contributed by atoms with Crippen LogP contribution >= 0.6 is 0 Å². The van der Waals surface area contributed by atoms with E-state index in [4.69, 9.17) is 27.9 Å². The molecule has 0 radical (unpaired) electrons. The average molecular weight is 524 g/mol. The van der Waals surface area contributed by atoms with Gasteiger partial charge in [-0.1, -0.05) is 5.16 Å². The highest BCUT2D eigenvalue weighted by Gasteiger charge is 2.45. The first-order chi connectivity index (χ1) is 18.2. The second-order valence-corrected chi connectivity index (χ2v) is 9.30. The lowest BCUT2D eigenvalue weighted by Crippen LogP contribution is -2.58. The van der Waals surface area contributed by atoms with Gasteiger partial charge in [-0.3, -0.25) is 0 Å². The van der Waals surface area contributed by atoms with Crippen molar-refractivity contribution >= 4 is 17.1 Å². The van der Waals surface area contributed by atoms with E-state index in [9.17, 15) is 9.90 Å². The highest BCUT2D eigenvalue weighted by atomic mass is 16.7. The fourth-order valence-corrected chi connectivity index (χ4v) is 4.22. The Morgan fingerprint density at radius 1 is 1.00 bits per heavy atom. The number of amides is 1. The van der Waals surface area contributed by atoms with E-state index in [0.717, 1.165) is 5.39 Å². The molecular formula is C27H29N3O8. The molecule has 1 amide bonds. The van der Waals surface area contributed by atoms with Crippen LogP contribution in [0.15, 0.2) is 51.4 Å². The number of carboxylic acid groups (broad SMARTS) is 1. The van der Waals surface area contributed by atoms with E-state index >= 15 is 0 Å². The summed E-state index contributed by atoms with van der Waals surface area (Å²) in [6.45, 7) is 8.48. The first-order valence-corrected chi connectivity index (χ1v) is 12.3. The molecule has 1 aliphatic rings. The summed E-state index contributed by atoms with van der Waals surface area (Å²) in [6, 6.07) is 12.7. The highest BCUT2D eigenvalue weighted by Crippen LogP contribution is 2.36. The number of fused-ring (bicyclic) bond motifs is 1. The molecule has 5 rings (SSSR count). The zero-order chi connectivity index (χ0) is 26.9. The van der Waals surface area contributed by atoms with Gasteiger partial charge in [0, 0.05) is 16.5 Å². The summed E-state index contributed by atoms with van der Waals surface area (Å²) in [4.78, 5) is 16.1. The third-order valence-corrected chi connectivity index (χ3v) is 6.14. The predicted molar refractivity (Wildman–Crippen MR) is 136 cm³/mol. The van der Waals surface area contributed by atoms with Crippen molar-refractivity contribution in [2.75, 3.05) is 26.4 Å². The van der Waals surface area contributed by atoms with E-state index in [-0.39, 0.29) is 13.2 Å². The zero-order valence-corrected chi connectivity index (χ0v) is 21.6. The quantitative estimate of drug-likeness (QED) is 0.317. The lowest BCUT2D eigenvalue weighted by molar-refractivity contribution is -0.274. The molecule has 1 fully saturated rings. The molecule has 1 saturated heterocycles. The standard InChI is InChI=1S/C27H29N3O8/c1-5-33-20-10-8-17(12-21(20)34-6-2)24-28-23(30-38-24)16-7-9-19-18(11-16)13-22(37-19)27(29-25(31)32)14-35-26(3,4)36-15-27/h7-13,29H,5-6,14-15H2,1-4H3,(H,31,32). The van der Waals surface area contributed by atoms with Crippen LogP contribution in [-0.2, 0) is 15.0 Å². The molecule has 0 aliphatic carbocycles. The fraction of sp³-hybridized carbons (Fsp3) is 0.370. The van der Waals surface area contributed by atoms with Gasteiger partial charge in [-0.05, 0) is 70.2 Å². The zero-order valence-electron chi connectivity index (χ0n) is 21.6. The lowest BCUT2D eigenvalue weighted by Gasteiger charge is -2.41. The van der Waals surface area contributed by atoms with E-state index in [1.807, 2.05) is 44.2 Å². The molecule has 2 N–H and O–H groups in total. The average Bonchev–Trinajstić information content (AvgIpc) is 3.54. The number of rotatable bonds is 8. The van der Waals surface area contributed by atoms with Gasteiger partial charge in [0.15, 0.2) is 17.3 Å². The van der Waals surface area contributed by atoms with Crippen molar-refractivity contribution in [3.05, 3.63) is 48.2 Å². The number of hydrogen-bond donors (Lipinski definition) is 2. The van der Waals surface area contributed by atoms with Gasteiger partial charge in [0.1, 0.15) is 16.9 Å². The second-order valence-electron chi connectivity index (χ2n) is 9.30. The Morgan fingerprint density at radius 2 is 1.71 bits per heavy atom. The summed E-state index contributed by atoms with van der Waals surface area (Å²) in [5.41, 5.74) is 0.778. The second kappa shape index (κ2) is 9.99. The summed E-state index contributed by atoms with van der Waals surface area (Å²) in [6.07, 6.45) is -1.21. The number of carbonyl (C=O) groups is 1. The van der Waals surface area contributed by atoms with Gasteiger partial charge >= 0.3 is 6.09 Å². The maximum Gasteiger partial charge on any atom is 0.405 e. The maximum absolute atomic E-state index is 11.6. The number of furan rings is 1. The topological polar surface area (TPSA) is 138 Å². The van der Waals surface area contributed by atoms with Crippen LogP contribution in [0.3, 0.4) is 0 Å². The predicted octanol–water partition coefficient (Wildman–Crippen LogP) is 5.19. The summed E-state index contributed by atoms with van der Waals surface area (Å²) >= 11 is 0. The van der Waals surface area contributed by atoms with Gasteiger partial charge in [0.05, 0.1) is 26.4 Å². The Labute approximate surface area is 218 Å². The normalized spacial score (nSPS) is 16.3. The van der Waals surface area contributed by atoms with Crippen LogP contribution in [0.25, 0.3) is 33.8 Å². The van der Waals surface area contributed by atoms with E-state index in [1.165, 1.54) is 0 Å². The van der Waals surface area contributed by atoms with Crippen molar-refractivity contribution in [2.24, 2.45) is 0 Å². The molecule has 0 saturated carbocycles. The van der Waals surface area contributed by atoms with Crippen LogP contribution in [0, 0.1) is 0 Å². The smallest absolute Gasteiger partial charge is 0.405 e. The third kappa shape index (κ3) is 5.02. The number of nitrogens with zero attached hydrogens (tertiary/aromatic N) is 2. The van der Waals surface area contributed by atoms with Crippen molar-refractivity contribution in [3.63, 3.8) is 0 Å². The Balaban J connectivity index is 1.44. The molecule has 11 heteroatoms. The molecule has 3 heterocycles. The van der Waals surface area contributed by atoms with Crippen LogP contribution in [0.5, 0.6) is 11.5 Å². The Morgan fingerprint density at radius 3 is 2.42 bits per heavy atom. The SMILES string of the molecule is CCOc1ccc(-c2nc(-c3ccc4oc(C5(NC(=O)O)COC(C)(C)OC5)cc4c3)no2)cc1OCC. The minimum atomic E-state index is -1.21. The van der Waals surface area contributed by atoms with E-state index in [2.05, 4.69) is 15.5 Å². The first kappa shape index (κ1) is 25.6. The first-order valence-electron chi connectivity index (χ1n) is 12.3. The molecular weight excluding hydrogens is 494 g/mol. The van der Waals surface area contributed by atoms with Gasteiger partial charge in [-0.25, -0.2) is 4.79 Å². The highest BCUT2D eigenvalue weighted by molar-refractivity contribution is 5.83. The molecule has 200 valence electrons. The molecule has 1 aliphatic heterocycles. The Bertz CT molecular complexity index is 1450. The van der Waals surface area contributed by atoms with Gasteiger partial charge in [0.2, 0.25) is 5.82 Å². The van der Waals surface area contributed by atoms with Crippen molar-refractivity contribution < 1.29 is 37.8 Å². The van der Waals surface area contributed by atoms with Gasteiger partial charge in [0.25, 0.3) is 5.89 Å². The molecule has 38 heavy (non-hydrogen) atoms. The van der Waals surface area contributed by atoms with Crippen LogP contribution in [0.1, 0.15) is 33.5 Å². The Hall–Kier alpha value is -4.09. The molecule has 2 aromatic heterocycles. The maximum atomic E-state index is 11.6. The van der Waals surface area contributed by atoms with Gasteiger partial charge < -0.3 is 38.3 Å². The number of aromatic nitrogens is 2. The molecule has 0 unspecified atom stereocenters. The number of nitrogens with one attached hydrogen (secondary N) is 1. The summed E-state index contributed by atoms with van der Waals surface area (Å²) in [5, 5.41) is 16.9. The molecule has 0 atom stereocenters. The Kier molecular flexibility index (Phi) is 6.72. The molecule has 4 aromatic rings. The third-order valence-electron chi connectivity index (χ3n) is 6.14. The van der Waals surface area contributed by atoms with Crippen LogP contribution in [-0.4, -0.2) is 53.6 Å². The van der Waals surface area contributed by atoms with Crippen molar-refractivity contribution in [2.45, 2.75) is 39.0 Å². The van der Waals surface area contributed by atoms with E-state index in [1.54, 1.807) is 26.0 Å². The molecule has 2 aromatic carbocycles.